The fourth-order valence-electron chi connectivity index (χ4n) is 1.73. The molecule has 0 nitrogen and oxygen atoms in total. The molecule has 1 radical (unpaired) electrons. The van der Waals surface area contributed by atoms with Gasteiger partial charge in [-0.2, -0.15) is 8.78 Å². The van der Waals surface area contributed by atoms with Crippen molar-refractivity contribution in [2.75, 3.05) is 0 Å². The van der Waals surface area contributed by atoms with Gasteiger partial charge in [0.2, 0.25) is 0 Å². The summed E-state index contributed by atoms with van der Waals surface area (Å²) in [7, 11) is 0. The maximum atomic E-state index is 13.4. The predicted octanol–water partition coefficient (Wildman–Crippen LogP) is 5.11. The highest BCUT2D eigenvalue weighted by Gasteiger charge is 2.35. The highest BCUT2D eigenvalue weighted by Crippen LogP contribution is 2.36. The van der Waals surface area contributed by atoms with E-state index in [1.165, 1.54) is 24.3 Å². The van der Waals surface area contributed by atoms with Crippen molar-refractivity contribution in [2.45, 2.75) is 5.92 Å². The van der Waals surface area contributed by atoms with Crippen molar-refractivity contribution in [1.29, 1.82) is 0 Å². The van der Waals surface area contributed by atoms with Gasteiger partial charge in [0.25, 0.3) is 0 Å². The van der Waals surface area contributed by atoms with E-state index in [-0.39, 0.29) is 0 Å². The van der Waals surface area contributed by atoms with Gasteiger partial charge in [-0.25, -0.2) is 4.39 Å². The van der Waals surface area contributed by atoms with Crippen molar-refractivity contribution >= 4 is 0 Å². The van der Waals surface area contributed by atoms with Crippen LogP contribution in [0.25, 0.3) is 11.1 Å². The molecule has 0 amide bonds. The Morgan fingerprint density at radius 1 is 0.842 bits per heavy atom. The van der Waals surface area contributed by atoms with Gasteiger partial charge in [-0.3, -0.25) is 0 Å². The molecule has 0 N–H and O–H groups in total. The van der Waals surface area contributed by atoms with Crippen molar-refractivity contribution < 1.29 is 13.2 Å². The number of hydrogen-bond acceptors (Lipinski definition) is 0. The first-order chi connectivity index (χ1) is 8.91. The van der Waals surface area contributed by atoms with E-state index in [0.717, 1.165) is 16.7 Å². The molecule has 2 rings (SSSR count). The van der Waals surface area contributed by atoms with Crippen LogP contribution in [0.2, 0.25) is 0 Å². The number of rotatable bonds is 3. The Morgan fingerprint density at radius 3 is 1.68 bits per heavy atom. The topological polar surface area (TPSA) is 0 Å². The van der Waals surface area contributed by atoms with Gasteiger partial charge < -0.3 is 0 Å². The van der Waals surface area contributed by atoms with Crippen molar-refractivity contribution in [3.8, 4) is 11.1 Å². The van der Waals surface area contributed by atoms with E-state index < -0.39 is 17.3 Å². The lowest BCUT2D eigenvalue weighted by atomic mass is 10.0. The van der Waals surface area contributed by atoms with Gasteiger partial charge in [0.05, 0.1) is 0 Å². The maximum absolute atomic E-state index is 13.4. The van der Waals surface area contributed by atoms with Crippen LogP contribution < -0.4 is 0 Å². The lowest BCUT2D eigenvalue weighted by Crippen LogP contribution is -2.13. The molecule has 0 heterocycles. The van der Waals surface area contributed by atoms with Crippen molar-refractivity contribution in [1.82, 2.24) is 0 Å². The molecule has 0 fully saturated rings. The van der Waals surface area contributed by atoms with Gasteiger partial charge in [-0.05, 0) is 23.6 Å². The third kappa shape index (κ3) is 2.70. The average molecular weight is 261 g/mol. The lowest BCUT2D eigenvalue weighted by molar-refractivity contribution is 0.0145. The second-order valence-corrected chi connectivity index (χ2v) is 4.25. The summed E-state index contributed by atoms with van der Waals surface area (Å²) >= 11 is 0. The molecule has 3 heteroatoms. The molecule has 0 aliphatic carbocycles. The van der Waals surface area contributed by atoms with Crippen molar-refractivity contribution in [3.63, 3.8) is 0 Å². The minimum atomic E-state index is -3.64. The van der Waals surface area contributed by atoms with Crippen LogP contribution >= 0.6 is 0 Å². The van der Waals surface area contributed by atoms with Crippen LogP contribution in [0.15, 0.2) is 60.9 Å². The molecule has 0 saturated heterocycles. The molecule has 0 spiro atoms. The van der Waals surface area contributed by atoms with E-state index in [1.807, 2.05) is 24.3 Å². The average Bonchev–Trinajstić information content (AvgIpc) is 2.39. The van der Waals surface area contributed by atoms with Crippen LogP contribution in [0.5, 0.6) is 0 Å². The summed E-state index contributed by atoms with van der Waals surface area (Å²) in [5.41, 5.74) is 2.14. The Morgan fingerprint density at radius 2 is 1.26 bits per heavy atom. The molecule has 0 saturated carbocycles. The number of hydrogen-bond donors (Lipinski definition) is 0. The molecule has 0 unspecified atom stereocenters. The summed E-state index contributed by atoms with van der Waals surface area (Å²) in [5, 5.41) is 0. The Labute approximate surface area is 110 Å². The number of alkyl halides is 2. The fourth-order valence-corrected chi connectivity index (χ4v) is 1.73. The van der Waals surface area contributed by atoms with Gasteiger partial charge in [-0.1, -0.05) is 55.1 Å². The Hall–Kier alpha value is -2.03. The summed E-state index contributed by atoms with van der Waals surface area (Å²) < 4.78 is 39.4. The van der Waals surface area contributed by atoms with E-state index in [4.69, 9.17) is 0 Å². The second kappa shape index (κ2) is 4.92. The molecule has 0 aliphatic rings. The maximum Gasteiger partial charge on any atom is 0.323 e. The van der Waals surface area contributed by atoms with Crippen LogP contribution in [-0.4, -0.2) is 0 Å². The van der Waals surface area contributed by atoms with Gasteiger partial charge in [0, 0.05) is 5.56 Å². The predicted molar refractivity (Wildman–Crippen MR) is 70.5 cm³/mol. The first-order valence-corrected chi connectivity index (χ1v) is 5.67. The zero-order chi connectivity index (χ0) is 14.0. The molecule has 2 aromatic carbocycles. The quantitative estimate of drug-likeness (QED) is 0.720. The Kier molecular flexibility index (Phi) is 3.47. The molecule has 0 aliphatic heterocycles. The van der Waals surface area contributed by atoms with Crippen LogP contribution in [0.4, 0.5) is 13.2 Å². The molecular weight excluding hydrogens is 249 g/mol. The standard InChI is InChI=1S/C16H12F3/c1-11-3-5-13(6-4-11)14-7-9-15(10-8-14)16(18,19)12(2)17/h3-10H,1-2H2. The summed E-state index contributed by atoms with van der Waals surface area (Å²) in [6.45, 7) is 6.44. The largest absolute Gasteiger partial charge is 0.323 e. The zero-order valence-corrected chi connectivity index (χ0v) is 10.2. The van der Waals surface area contributed by atoms with E-state index in [0.29, 0.717) is 0 Å². The van der Waals surface area contributed by atoms with Gasteiger partial charge >= 0.3 is 5.92 Å². The first-order valence-electron chi connectivity index (χ1n) is 5.67. The fraction of sp³-hybridized carbons (Fsp3) is 0.0625. The highest BCUT2D eigenvalue weighted by atomic mass is 19.3. The molecular formula is C16H12F3. The SMILES string of the molecule is [CH2]c1ccc(-c2ccc(C(F)(F)C(=C)F)cc2)cc1. The van der Waals surface area contributed by atoms with Crippen molar-refractivity contribution in [2.24, 2.45) is 0 Å². The highest BCUT2D eigenvalue weighted by molar-refractivity contribution is 5.64. The molecule has 19 heavy (non-hydrogen) atoms. The van der Waals surface area contributed by atoms with E-state index >= 15 is 0 Å². The lowest BCUT2D eigenvalue weighted by Gasteiger charge is -2.14. The second-order valence-electron chi connectivity index (χ2n) is 4.25. The minimum Gasteiger partial charge on any atom is -0.205 e. The number of benzene rings is 2. The molecule has 0 bridgehead atoms. The van der Waals surface area contributed by atoms with E-state index in [1.54, 1.807) is 0 Å². The monoisotopic (exact) mass is 261 g/mol. The molecule has 2 aromatic rings. The third-order valence-corrected chi connectivity index (χ3v) is 2.88. The van der Waals surface area contributed by atoms with Gasteiger partial charge in [0.15, 0.2) is 5.83 Å². The van der Waals surface area contributed by atoms with Crippen LogP contribution in [0.1, 0.15) is 11.1 Å². The third-order valence-electron chi connectivity index (χ3n) is 2.88. The molecule has 0 aromatic heterocycles. The van der Waals surface area contributed by atoms with Crippen LogP contribution in [-0.2, 0) is 5.92 Å². The first kappa shape index (κ1) is 13.4. The van der Waals surface area contributed by atoms with Gasteiger partial charge in [0.1, 0.15) is 0 Å². The Bertz CT molecular complexity index is 580. The normalized spacial score (nSPS) is 11.4. The zero-order valence-electron chi connectivity index (χ0n) is 10.2. The Balaban J connectivity index is 2.33. The minimum absolute atomic E-state index is 0.405. The van der Waals surface area contributed by atoms with Crippen LogP contribution in [0, 0.1) is 6.92 Å². The number of allylic oxidation sites excluding steroid dienone is 1. The smallest absolute Gasteiger partial charge is 0.205 e. The summed E-state index contributed by atoms with van der Waals surface area (Å²) in [5.74, 6) is -5.29. The van der Waals surface area contributed by atoms with Gasteiger partial charge in [-0.15, -0.1) is 0 Å². The molecule has 97 valence electrons. The molecule has 0 atom stereocenters. The van der Waals surface area contributed by atoms with E-state index in [9.17, 15) is 13.2 Å². The van der Waals surface area contributed by atoms with E-state index in [2.05, 4.69) is 13.5 Å². The van der Waals surface area contributed by atoms with Crippen LogP contribution in [0.3, 0.4) is 0 Å². The summed E-state index contributed by atoms with van der Waals surface area (Å²) in [6, 6.07) is 12.8. The summed E-state index contributed by atoms with van der Waals surface area (Å²) in [6.07, 6.45) is 0. The number of halogens is 3. The van der Waals surface area contributed by atoms with Crippen molar-refractivity contribution in [3.05, 3.63) is 79.0 Å². The summed E-state index contributed by atoms with van der Waals surface area (Å²) in [4.78, 5) is 0.